The monoisotopic (exact) mass is 378 g/mol. The van der Waals surface area contributed by atoms with Gasteiger partial charge in [0.2, 0.25) is 10.0 Å². The van der Waals surface area contributed by atoms with Gasteiger partial charge < -0.3 is 5.32 Å². The van der Waals surface area contributed by atoms with E-state index in [0.717, 1.165) is 25.0 Å². The van der Waals surface area contributed by atoms with E-state index in [1.807, 2.05) is 0 Å². The standard InChI is InChI=1S/C12H14N4O6S.ClH/c17-15(18)8-2-4-12(11(6-8)16(19)20)23(21,22)14-10-5-7-1-3-9(10)13-7;/h2,4,6-7,9-10,13-14H,1,3,5H2;1H/t7-,9+,10-;/m0./s1. The van der Waals surface area contributed by atoms with Crippen LogP contribution in [0.15, 0.2) is 23.1 Å². The minimum absolute atomic E-state index is 0. The highest BCUT2D eigenvalue weighted by molar-refractivity contribution is 7.89. The summed E-state index contributed by atoms with van der Waals surface area (Å²) < 4.78 is 27.4. The molecule has 2 saturated heterocycles. The summed E-state index contributed by atoms with van der Waals surface area (Å²) in [4.78, 5) is 19.5. The summed E-state index contributed by atoms with van der Waals surface area (Å²) in [6.07, 6.45) is 2.46. The molecule has 0 amide bonds. The number of non-ortho nitro benzene ring substituents is 1. The zero-order valence-electron chi connectivity index (χ0n) is 12.2. The predicted molar refractivity (Wildman–Crippen MR) is 85.7 cm³/mol. The molecule has 2 aliphatic rings. The number of hydrogen-bond acceptors (Lipinski definition) is 7. The van der Waals surface area contributed by atoms with Crippen LogP contribution in [-0.2, 0) is 10.0 Å². The number of nitro groups is 2. The Morgan fingerprint density at radius 2 is 1.88 bits per heavy atom. The van der Waals surface area contributed by atoms with Gasteiger partial charge in [-0.25, -0.2) is 13.1 Å². The summed E-state index contributed by atoms with van der Waals surface area (Å²) in [5.41, 5.74) is -1.33. The quantitative estimate of drug-likeness (QED) is 0.576. The first kappa shape index (κ1) is 18.5. The van der Waals surface area contributed by atoms with Gasteiger partial charge in [-0.1, -0.05) is 0 Å². The number of hydrogen-bond donors (Lipinski definition) is 2. The molecule has 2 aliphatic heterocycles. The van der Waals surface area contributed by atoms with Crippen molar-refractivity contribution in [2.45, 2.75) is 42.3 Å². The number of sulfonamides is 1. The second-order valence-electron chi connectivity index (χ2n) is 5.68. The zero-order chi connectivity index (χ0) is 16.8. The predicted octanol–water partition coefficient (Wildman–Crippen LogP) is 1.10. The van der Waals surface area contributed by atoms with E-state index in [1.165, 1.54) is 0 Å². The van der Waals surface area contributed by atoms with Gasteiger partial charge in [-0.3, -0.25) is 20.2 Å². The van der Waals surface area contributed by atoms with Crippen molar-refractivity contribution >= 4 is 33.8 Å². The van der Waals surface area contributed by atoms with Crippen LogP contribution in [0.1, 0.15) is 19.3 Å². The molecule has 1 aromatic carbocycles. The van der Waals surface area contributed by atoms with Gasteiger partial charge in [0.05, 0.1) is 15.9 Å². The number of benzene rings is 1. The van der Waals surface area contributed by atoms with Crippen LogP contribution in [0.3, 0.4) is 0 Å². The van der Waals surface area contributed by atoms with Crippen LogP contribution in [-0.4, -0.2) is 36.4 Å². The number of rotatable bonds is 5. The van der Waals surface area contributed by atoms with Gasteiger partial charge in [-0.2, -0.15) is 0 Å². The van der Waals surface area contributed by atoms with Crippen LogP contribution in [0.2, 0.25) is 0 Å². The van der Waals surface area contributed by atoms with Gasteiger partial charge >= 0.3 is 0 Å². The van der Waals surface area contributed by atoms with Gasteiger partial charge in [0.15, 0.2) is 4.90 Å². The molecule has 12 heteroatoms. The lowest BCUT2D eigenvalue weighted by Gasteiger charge is -2.21. The highest BCUT2D eigenvalue weighted by Crippen LogP contribution is 2.32. The molecule has 24 heavy (non-hydrogen) atoms. The van der Waals surface area contributed by atoms with Crippen LogP contribution in [0.4, 0.5) is 11.4 Å². The fourth-order valence-corrected chi connectivity index (χ4v) is 4.65. The number of halogens is 1. The third kappa shape index (κ3) is 3.34. The van der Waals surface area contributed by atoms with Gasteiger partial charge in [0.25, 0.3) is 11.4 Å². The molecule has 2 N–H and O–H groups in total. The van der Waals surface area contributed by atoms with E-state index in [4.69, 9.17) is 0 Å². The first-order valence-corrected chi connectivity index (χ1v) is 8.47. The highest BCUT2D eigenvalue weighted by Gasteiger charge is 2.42. The van der Waals surface area contributed by atoms with E-state index in [1.54, 1.807) is 0 Å². The van der Waals surface area contributed by atoms with E-state index in [2.05, 4.69) is 10.0 Å². The van der Waals surface area contributed by atoms with Crippen molar-refractivity contribution in [2.75, 3.05) is 0 Å². The number of nitrogens with zero attached hydrogens (tertiary/aromatic N) is 2. The number of fused-ring (bicyclic) bond motifs is 2. The zero-order valence-corrected chi connectivity index (χ0v) is 13.9. The molecule has 2 heterocycles. The number of nitro benzene ring substituents is 2. The van der Waals surface area contributed by atoms with E-state index in [9.17, 15) is 28.6 Å². The molecule has 3 rings (SSSR count). The molecule has 0 aromatic heterocycles. The third-order valence-corrected chi connectivity index (χ3v) is 5.78. The summed E-state index contributed by atoms with van der Waals surface area (Å²) in [5.74, 6) is 0. The topological polar surface area (TPSA) is 144 Å². The average molecular weight is 379 g/mol. The van der Waals surface area contributed by atoms with Crippen molar-refractivity contribution in [3.05, 3.63) is 38.4 Å². The smallest absolute Gasteiger partial charge is 0.296 e. The molecule has 1 aromatic rings. The van der Waals surface area contributed by atoms with Gasteiger partial charge in [0, 0.05) is 24.2 Å². The van der Waals surface area contributed by atoms with E-state index < -0.39 is 36.1 Å². The normalized spacial score (nSPS) is 25.2. The molecule has 0 unspecified atom stereocenters. The maximum atomic E-state index is 12.5. The van der Waals surface area contributed by atoms with E-state index in [-0.39, 0.29) is 30.5 Å². The Morgan fingerprint density at radius 3 is 2.38 bits per heavy atom. The third-order valence-electron chi connectivity index (χ3n) is 4.25. The Labute approximate surface area is 143 Å². The fourth-order valence-electron chi connectivity index (χ4n) is 3.21. The summed E-state index contributed by atoms with van der Waals surface area (Å²) >= 11 is 0. The molecule has 132 valence electrons. The SMILES string of the molecule is Cl.O=[N+]([O-])c1ccc(S(=O)(=O)N[C@H]2C[C@@H]3CC[C@H]2N3)c([N+](=O)[O-])c1. The van der Waals surface area contributed by atoms with E-state index >= 15 is 0 Å². The summed E-state index contributed by atoms with van der Waals surface area (Å²) in [6.45, 7) is 0. The molecular weight excluding hydrogens is 364 g/mol. The molecule has 0 saturated carbocycles. The lowest BCUT2D eigenvalue weighted by Crippen LogP contribution is -2.42. The lowest BCUT2D eigenvalue weighted by molar-refractivity contribution is -0.396. The average Bonchev–Trinajstić information content (AvgIpc) is 3.08. The Morgan fingerprint density at radius 1 is 1.17 bits per heavy atom. The van der Waals surface area contributed by atoms with Crippen LogP contribution in [0.5, 0.6) is 0 Å². The highest BCUT2D eigenvalue weighted by atomic mass is 35.5. The first-order valence-electron chi connectivity index (χ1n) is 6.99. The molecule has 0 radical (unpaired) electrons. The Kier molecular flexibility index (Phi) is 5.08. The molecule has 0 spiro atoms. The molecule has 10 nitrogen and oxygen atoms in total. The van der Waals surface area contributed by atoms with E-state index in [0.29, 0.717) is 12.5 Å². The Hall–Kier alpha value is -1.82. The Balaban J connectivity index is 0.00000208. The van der Waals surface area contributed by atoms with Crippen molar-refractivity contribution in [3.8, 4) is 0 Å². The first-order chi connectivity index (χ1) is 10.8. The van der Waals surface area contributed by atoms with Gasteiger partial charge in [0.1, 0.15) is 0 Å². The van der Waals surface area contributed by atoms with Crippen LogP contribution >= 0.6 is 12.4 Å². The second-order valence-corrected chi connectivity index (χ2v) is 7.36. The van der Waals surface area contributed by atoms with Crippen LogP contribution in [0.25, 0.3) is 0 Å². The molecule has 0 aliphatic carbocycles. The van der Waals surface area contributed by atoms with Crippen molar-refractivity contribution in [2.24, 2.45) is 0 Å². The minimum Gasteiger partial charge on any atom is -0.310 e. The second kappa shape index (κ2) is 6.59. The molecular formula is C12H15ClN4O6S. The summed E-state index contributed by atoms with van der Waals surface area (Å²) in [7, 11) is -4.14. The Bertz CT molecular complexity index is 786. The minimum atomic E-state index is -4.14. The maximum Gasteiger partial charge on any atom is 0.296 e. The van der Waals surface area contributed by atoms with Crippen LogP contribution < -0.4 is 10.0 Å². The van der Waals surface area contributed by atoms with Crippen molar-refractivity contribution < 1.29 is 18.3 Å². The molecule has 2 bridgehead atoms. The fraction of sp³-hybridized carbons (Fsp3) is 0.500. The molecule has 3 atom stereocenters. The molecule has 2 fully saturated rings. The van der Waals surface area contributed by atoms with Gasteiger partial charge in [-0.05, 0) is 25.3 Å². The van der Waals surface area contributed by atoms with Crippen molar-refractivity contribution in [3.63, 3.8) is 0 Å². The van der Waals surface area contributed by atoms with Crippen molar-refractivity contribution in [1.29, 1.82) is 0 Å². The largest absolute Gasteiger partial charge is 0.310 e. The summed E-state index contributed by atoms with van der Waals surface area (Å²) in [6, 6.07) is 2.47. The number of nitrogens with one attached hydrogen (secondary N) is 2. The lowest BCUT2D eigenvalue weighted by atomic mass is 9.96. The summed E-state index contributed by atoms with van der Waals surface area (Å²) in [5, 5.41) is 25.1. The maximum absolute atomic E-state index is 12.5. The van der Waals surface area contributed by atoms with Crippen molar-refractivity contribution in [1.82, 2.24) is 10.0 Å². The van der Waals surface area contributed by atoms with Crippen LogP contribution in [0, 0.1) is 20.2 Å². The van der Waals surface area contributed by atoms with Gasteiger partial charge in [-0.15, -0.1) is 12.4 Å².